The van der Waals surface area contributed by atoms with Crippen LogP contribution in [-0.4, -0.2) is 53.4 Å². The second-order valence-corrected chi connectivity index (χ2v) is 5.83. The first kappa shape index (κ1) is 14.4. The van der Waals surface area contributed by atoms with Crippen LogP contribution in [0.25, 0.3) is 0 Å². The number of hydrogen-bond donors (Lipinski definition) is 1. The molecule has 1 aromatic heterocycles. The van der Waals surface area contributed by atoms with Crippen LogP contribution in [0, 0.1) is 12.8 Å². The van der Waals surface area contributed by atoms with Crippen LogP contribution in [0.5, 0.6) is 0 Å². The van der Waals surface area contributed by atoms with Crippen LogP contribution in [0.3, 0.4) is 0 Å². The lowest BCUT2D eigenvalue weighted by Gasteiger charge is -2.11. The van der Waals surface area contributed by atoms with E-state index in [4.69, 9.17) is 5.11 Å². The predicted molar refractivity (Wildman–Crippen MR) is 73.0 cm³/mol. The van der Waals surface area contributed by atoms with Gasteiger partial charge in [-0.2, -0.15) is 0 Å². The van der Waals surface area contributed by atoms with Crippen molar-refractivity contribution in [3.05, 3.63) is 10.6 Å². The lowest BCUT2D eigenvalue weighted by molar-refractivity contribution is -0.141. The van der Waals surface area contributed by atoms with Crippen LogP contribution < -0.4 is 4.90 Å². The van der Waals surface area contributed by atoms with Crippen LogP contribution in [-0.2, 0) is 9.59 Å². The molecule has 0 aliphatic carbocycles. The zero-order valence-corrected chi connectivity index (χ0v) is 12.2. The number of amides is 2. The number of nitrogens with zero attached hydrogens (tertiary/aromatic N) is 3. The van der Waals surface area contributed by atoms with Crippen LogP contribution in [0.4, 0.5) is 5.13 Å². The van der Waals surface area contributed by atoms with Crippen molar-refractivity contribution in [3.63, 3.8) is 0 Å². The van der Waals surface area contributed by atoms with E-state index in [9.17, 15) is 14.4 Å². The van der Waals surface area contributed by atoms with Crippen molar-refractivity contribution >= 4 is 34.3 Å². The average molecular weight is 297 g/mol. The zero-order chi connectivity index (χ0) is 15.0. The van der Waals surface area contributed by atoms with Gasteiger partial charge < -0.3 is 10.0 Å². The Morgan fingerprint density at radius 3 is 2.60 bits per heavy atom. The molecule has 1 aromatic rings. The fraction of sp³-hybridized carbons (Fsp3) is 0.500. The lowest BCUT2D eigenvalue weighted by Crippen LogP contribution is -2.25. The Morgan fingerprint density at radius 1 is 1.45 bits per heavy atom. The van der Waals surface area contributed by atoms with Crippen molar-refractivity contribution in [2.24, 2.45) is 5.92 Å². The molecule has 2 amide bonds. The van der Waals surface area contributed by atoms with Crippen LogP contribution in [0.2, 0.25) is 0 Å². The van der Waals surface area contributed by atoms with Crippen molar-refractivity contribution in [2.45, 2.75) is 13.3 Å². The Morgan fingerprint density at radius 2 is 2.10 bits per heavy atom. The van der Waals surface area contributed by atoms with Gasteiger partial charge in [0, 0.05) is 27.1 Å². The number of anilines is 1. The number of aryl methyl sites for hydroxylation is 1. The Bertz CT molecular complexity index is 581. The third kappa shape index (κ3) is 2.51. The SMILES string of the molecule is Cc1nc(N2CC(C(=O)O)CC2=O)sc1C(=O)N(C)C. The largest absolute Gasteiger partial charge is 0.481 e. The summed E-state index contributed by atoms with van der Waals surface area (Å²) in [5.74, 6) is -2.14. The maximum absolute atomic E-state index is 11.9. The molecule has 1 atom stereocenters. The normalized spacial score (nSPS) is 18.4. The van der Waals surface area contributed by atoms with Gasteiger partial charge in [-0.25, -0.2) is 4.98 Å². The van der Waals surface area contributed by atoms with E-state index in [0.717, 1.165) is 11.3 Å². The van der Waals surface area contributed by atoms with Crippen molar-refractivity contribution in [1.82, 2.24) is 9.88 Å². The molecule has 0 saturated carbocycles. The van der Waals surface area contributed by atoms with E-state index in [-0.39, 0.29) is 24.8 Å². The Balaban J connectivity index is 2.27. The highest BCUT2D eigenvalue weighted by Gasteiger charge is 2.37. The number of rotatable bonds is 3. The molecule has 0 bridgehead atoms. The van der Waals surface area contributed by atoms with Gasteiger partial charge in [-0.3, -0.25) is 19.3 Å². The molecule has 20 heavy (non-hydrogen) atoms. The number of carbonyl (C=O) groups excluding carboxylic acids is 2. The maximum atomic E-state index is 11.9. The first-order valence-corrected chi connectivity index (χ1v) is 6.85. The number of carbonyl (C=O) groups is 3. The van der Waals surface area contributed by atoms with Gasteiger partial charge in [0.2, 0.25) is 5.91 Å². The minimum absolute atomic E-state index is 0.0229. The van der Waals surface area contributed by atoms with Gasteiger partial charge in [0.1, 0.15) is 4.88 Å². The molecule has 0 spiro atoms. The molecule has 0 aromatic carbocycles. The minimum Gasteiger partial charge on any atom is -0.481 e. The molecule has 1 unspecified atom stereocenters. The van der Waals surface area contributed by atoms with E-state index in [1.165, 1.54) is 9.80 Å². The summed E-state index contributed by atoms with van der Waals surface area (Å²) in [7, 11) is 3.28. The summed E-state index contributed by atoms with van der Waals surface area (Å²) < 4.78 is 0. The standard InChI is InChI=1S/C12H15N3O4S/c1-6-9(10(17)14(2)3)20-12(13-6)15-5-7(11(18)19)4-8(15)16/h7H,4-5H2,1-3H3,(H,18,19). The highest BCUT2D eigenvalue weighted by molar-refractivity contribution is 7.17. The quantitative estimate of drug-likeness (QED) is 0.881. The van der Waals surface area contributed by atoms with Crippen molar-refractivity contribution in [3.8, 4) is 0 Å². The van der Waals surface area contributed by atoms with Gasteiger partial charge >= 0.3 is 5.97 Å². The molecule has 7 nitrogen and oxygen atoms in total. The van der Waals surface area contributed by atoms with Crippen LogP contribution in [0.1, 0.15) is 21.8 Å². The predicted octanol–water partition coefficient (Wildman–Crippen LogP) is 0.591. The fourth-order valence-electron chi connectivity index (χ4n) is 1.96. The Kier molecular flexibility index (Phi) is 3.76. The molecule has 108 valence electrons. The topological polar surface area (TPSA) is 90.8 Å². The van der Waals surface area contributed by atoms with Gasteiger partial charge in [0.15, 0.2) is 5.13 Å². The molecule has 0 radical (unpaired) electrons. The lowest BCUT2D eigenvalue weighted by atomic mass is 10.1. The van der Waals surface area contributed by atoms with E-state index in [1.54, 1.807) is 21.0 Å². The smallest absolute Gasteiger partial charge is 0.308 e. The summed E-state index contributed by atoms with van der Waals surface area (Å²) in [6, 6.07) is 0. The highest BCUT2D eigenvalue weighted by Crippen LogP contribution is 2.31. The molecule has 2 heterocycles. The summed E-state index contributed by atoms with van der Waals surface area (Å²) >= 11 is 1.12. The van der Waals surface area contributed by atoms with E-state index in [1.807, 2.05) is 0 Å². The van der Waals surface area contributed by atoms with Crippen molar-refractivity contribution in [2.75, 3.05) is 25.5 Å². The summed E-state index contributed by atoms with van der Waals surface area (Å²) in [5, 5.41) is 9.35. The number of aliphatic carboxylic acids is 1. The zero-order valence-electron chi connectivity index (χ0n) is 11.4. The number of aromatic nitrogens is 1. The molecule has 1 saturated heterocycles. The average Bonchev–Trinajstić information content (AvgIpc) is 2.91. The van der Waals surface area contributed by atoms with Crippen molar-refractivity contribution < 1.29 is 19.5 Å². The van der Waals surface area contributed by atoms with E-state index in [0.29, 0.717) is 15.7 Å². The van der Waals surface area contributed by atoms with Crippen molar-refractivity contribution in [1.29, 1.82) is 0 Å². The van der Waals surface area contributed by atoms with E-state index < -0.39 is 11.9 Å². The summed E-state index contributed by atoms with van der Waals surface area (Å²) in [4.78, 5) is 42.2. The fourth-order valence-corrected chi connectivity index (χ4v) is 3.07. The van der Waals surface area contributed by atoms with Gasteiger partial charge in [-0.05, 0) is 6.92 Å². The van der Waals surface area contributed by atoms with E-state index in [2.05, 4.69) is 4.98 Å². The second-order valence-electron chi connectivity index (χ2n) is 4.85. The monoisotopic (exact) mass is 297 g/mol. The third-order valence-electron chi connectivity index (χ3n) is 3.09. The number of carboxylic acids is 1. The molecule has 1 aliphatic rings. The molecule has 1 N–H and O–H groups in total. The van der Waals surface area contributed by atoms with Crippen LogP contribution >= 0.6 is 11.3 Å². The van der Waals surface area contributed by atoms with Crippen LogP contribution in [0.15, 0.2) is 0 Å². The van der Waals surface area contributed by atoms with Gasteiger partial charge in [-0.1, -0.05) is 11.3 Å². The summed E-state index contributed by atoms with van der Waals surface area (Å²) in [5.41, 5.74) is 0.551. The number of thiazole rings is 1. The molecule has 8 heteroatoms. The van der Waals surface area contributed by atoms with Gasteiger partial charge in [-0.15, -0.1) is 0 Å². The summed E-state index contributed by atoms with van der Waals surface area (Å²) in [6.07, 6.45) is -0.0229. The van der Waals surface area contributed by atoms with Gasteiger partial charge in [0.25, 0.3) is 5.91 Å². The molecule has 1 aliphatic heterocycles. The Hall–Kier alpha value is -1.96. The Labute approximate surface area is 119 Å². The molecular weight excluding hydrogens is 282 g/mol. The van der Waals surface area contributed by atoms with Gasteiger partial charge in [0.05, 0.1) is 11.6 Å². The molecular formula is C12H15N3O4S. The summed E-state index contributed by atoms with van der Waals surface area (Å²) in [6.45, 7) is 1.81. The highest BCUT2D eigenvalue weighted by atomic mass is 32.1. The number of carboxylic acid groups (broad SMARTS) is 1. The third-order valence-corrected chi connectivity index (χ3v) is 4.26. The second kappa shape index (κ2) is 5.20. The minimum atomic E-state index is -0.987. The molecule has 1 fully saturated rings. The first-order valence-electron chi connectivity index (χ1n) is 6.03. The van der Waals surface area contributed by atoms with E-state index >= 15 is 0 Å². The first-order chi connectivity index (χ1) is 9.31. The maximum Gasteiger partial charge on any atom is 0.308 e. The molecule has 2 rings (SSSR count). The number of hydrogen-bond acceptors (Lipinski definition) is 5.